The molecular weight excluding hydrogens is 288 g/mol. The van der Waals surface area contributed by atoms with Gasteiger partial charge in [0.15, 0.2) is 0 Å². The number of halogens is 1. The highest BCUT2D eigenvalue weighted by molar-refractivity contribution is 5.85. The molecule has 0 heterocycles. The Morgan fingerprint density at radius 2 is 2.00 bits per heavy atom. The van der Waals surface area contributed by atoms with Gasteiger partial charge in [0.25, 0.3) is 0 Å². The van der Waals surface area contributed by atoms with Crippen molar-refractivity contribution in [1.29, 1.82) is 0 Å². The van der Waals surface area contributed by atoms with Crippen molar-refractivity contribution in [2.24, 2.45) is 5.92 Å². The smallest absolute Gasteiger partial charge is 0.234 e. The second-order valence-electron chi connectivity index (χ2n) is 5.34. The molecule has 0 atom stereocenters. The van der Waals surface area contributed by atoms with E-state index in [4.69, 9.17) is 4.74 Å². The lowest BCUT2D eigenvalue weighted by Gasteiger charge is -2.08. The van der Waals surface area contributed by atoms with E-state index >= 15 is 0 Å². The third-order valence-corrected chi connectivity index (χ3v) is 3.30. The lowest BCUT2D eigenvalue weighted by Crippen LogP contribution is -2.34. The minimum Gasteiger partial charge on any atom is -0.494 e. The molecule has 21 heavy (non-hydrogen) atoms. The van der Waals surface area contributed by atoms with Gasteiger partial charge in [-0.15, -0.1) is 12.4 Å². The van der Waals surface area contributed by atoms with Crippen LogP contribution in [-0.2, 0) is 11.3 Å². The Balaban J connectivity index is 0.00000220. The molecule has 1 aliphatic rings. The van der Waals surface area contributed by atoms with Gasteiger partial charge < -0.3 is 15.4 Å². The summed E-state index contributed by atoms with van der Waals surface area (Å²) in [4.78, 5) is 11.6. The topological polar surface area (TPSA) is 50.4 Å². The summed E-state index contributed by atoms with van der Waals surface area (Å²) in [6, 6.07) is 7.87. The maximum atomic E-state index is 11.6. The Labute approximate surface area is 133 Å². The maximum Gasteiger partial charge on any atom is 0.234 e. The second kappa shape index (κ2) is 9.64. The molecule has 0 aromatic heterocycles. The van der Waals surface area contributed by atoms with E-state index in [1.807, 2.05) is 24.3 Å². The summed E-state index contributed by atoms with van der Waals surface area (Å²) in [5, 5.41) is 6.10. The monoisotopic (exact) mass is 312 g/mol. The summed E-state index contributed by atoms with van der Waals surface area (Å²) in [5.41, 5.74) is 1.09. The van der Waals surface area contributed by atoms with E-state index in [0.29, 0.717) is 13.1 Å². The molecule has 0 saturated heterocycles. The number of carbonyl (C=O) groups excluding carboxylic acids is 1. The van der Waals surface area contributed by atoms with Crippen molar-refractivity contribution in [1.82, 2.24) is 10.6 Å². The first kappa shape index (κ1) is 17.8. The van der Waals surface area contributed by atoms with Crippen LogP contribution in [0.1, 0.15) is 31.7 Å². The maximum absolute atomic E-state index is 11.6. The second-order valence-corrected chi connectivity index (χ2v) is 5.34. The number of carbonyl (C=O) groups is 1. The summed E-state index contributed by atoms with van der Waals surface area (Å²) >= 11 is 0. The van der Waals surface area contributed by atoms with Gasteiger partial charge in [0.2, 0.25) is 5.91 Å². The third-order valence-electron chi connectivity index (χ3n) is 3.30. The molecule has 2 rings (SSSR count). The molecule has 0 bridgehead atoms. The molecule has 1 saturated carbocycles. The Morgan fingerprint density at radius 1 is 1.29 bits per heavy atom. The Kier molecular flexibility index (Phi) is 8.16. The van der Waals surface area contributed by atoms with Gasteiger partial charge in [0.1, 0.15) is 5.75 Å². The molecule has 0 spiro atoms. The molecule has 0 aliphatic heterocycles. The Hall–Kier alpha value is -1.26. The average Bonchev–Trinajstić information content (AvgIpc) is 3.28. The van der Waals surface area contributed by atoms with E-state index < -0.39 is 0 Å². The van der Waals surface area contributed by atoms with E-state index in [9.17, 15) is 4.79 Å². The first-order valence-electron chi connectivity index (χ1n) is 7.47. The standard InChI is InChI=1S/C16H24N2O2.ClH/c1-2-9-20-15-7-5-14(6-8-15)11-18-16(19)12-17-10-13-3-4-13;/h5-8,13,17H,2-4,9-12H2,1H3,(H,18,19);1H. The van der Waals surface area contributed by atoms with Crippen LogP contribution in [0, 0.1) is 5.92 Å². The van der Waals surface area contributed by atoms with Crippen LogP contribution in [0.25, 0.3) is 0 Å². The minimum atomic E-state index is 0. The van der Waals surface area contributed by atoms with Gasteiger partial charge in [-0.25, -0.2) is 0 Å². The largest absolute Gasteiger partial charge is 0.494 e. The van der Waals surface area contributed by atoms with Crippen molar-refractivity contribution in [2.75, 3.05) is 19.7 Å². The quantitative estimate of drug-likeness (QED) is 0.736. The van der Waals surface area contributed by atoms with E-state index in [1.165, 1.54) is 12.8 Å². The lowest BCUT2D eigenvalue weighted by atomic mass is 10.2. The van der Waals surface area contributed by atoms with Crippen LogP contribution in [0.5, 0.6) is 5.75 Å². The molecule has 118 valence electrons. The summed E-state index contributed by atoms with van der Waals surface area (Å²) in [5.74, 6) is 1.74. The SMILES string of the molecule is CCCOc1ccc(CNC(=O)CNCC2CC2)cc1.Cl. The molecule has 1 fully saturated rings. The summed E-state index contributed by atoms with van der Waals surface area (Å²) < 4.78 is 5.52. The van der Waals surface area contributed by atoms with Gasteiger partial charge in [0.05, 0.1) is 13.2 Å². The van der Waals surface area contributed by atoms with E-state index in [1.54, 1.807) is 0 Å². The normalized spacial score (nSPS) is 13.4. The lowest BCUT2D eigenvalue weighted by molar-refractivity contribution is -0.120. The van der Waals surface area contributed by atoms with Crippen LogP contribution < -0.4 is 15.4 Å². The van der Waals surface area contributed by atoms with Crippen molar-refractivity contribution in [2.45, 2.75) is 32.7 Å². The first-order chi connectivity index (χ1) is 9.78. The van der Waals surface area contributed by atoms with E-state index in [2.05, 4.69) is 17.6 Å². The molecular formula is C16H25ClN2O2. The fourth-order valence-electron chi connectivity index (χ4n) is 1.90. The Morgan fingerprint density at radius 3 is 2.62 bits per heavy atom. The highest BCUT2D eigenvalue weighted by atomic mass is 35.5. The van der Waals surface area contributed by atoms with Crippen molar-refractivity contribution in [3.05, 3.63) is 29.8 Å². The fraction of sp³-hybridized carbons (Fsp3) is 0.562. The van der Waals surface area contributed by atoms with Crippen LogP contribution in [-0.4, -0.2) is 25.6 Å². The zero-order valence-electron chi connectivity index (χ0n) is 12.6. The van der Waals surface area contributed by atoms with Gasteiger partial charge in [-0.2, -0.15) is 0 Å². The van der Waals surface area contributed by atoms with E-state index in [-0.39, 0.29) is 18.3 Å². The molecule has 4 nitrogen and oxygen atoms in total. The summed E-state index contributed by atoms with van der Waals surface area (Å²) in [6.07, 6.45) is 3.62. The molecule has 1 amide bonds. The first-order valence-corrected chi connectivity index (χ1v) is 7.47. The summed E-state index contributed by atoms with van der Waals surface area (Å²) in [7, 11) is 0. The van der Waals surface area contributed by atoms with Crippen LogP contribution in [0.3, 0.4) is 0 Å². The highest BCUT2D eigenvalue weighted by Gasteiger charge is 2.20. The van der Waals surface area contributed by atoms with Crippen LogP contribution in [0.2, 0.25) is 0 Å². The number of benzene rings is 1. The van der Waals surface area contributed by atoms with Gasteiger partial charge >= 0.3 is 0 Å². The van der Waals surface area contributed by atoms with Crippen LogP contribution >= 0.6 is 12.4 Å². The van der Waals surface area contributed by atoms with Gasteiger partial charge in [-0.3, -0.25) is 4.79 Å². The van der Waals surface area contributed by atoms with Crippen molar-refractivity contribution in [3.63, 3.8) is 0 Å². The molecule has 1 aromatic rings. The number of hydrogen-bond donors (Lipinski definition) is 2. The number of rotatable bonds is 9. The number of ether oxygens (including phenoxy) is 1. The van der Waals surface area contributed by atoms with E-state index in [0.717, 1.165) is 36.8 Å². The number of amides is 1. The number of nitrogens with one attached hydrogen (secondary N) is 2. The van der Waals surface area contributed by atoms with Gasteiger partial charge in [-0.05, 0) is 49.4 Å². The molecule has 5 heteroatoms. The molecule has 1 aliphatic carbocycles. The van der Waals surface area contributed by atoms with Crippen LogP contribution in [0.4, 0.5) is 0 Å². The van der Waals surface area contributed by atoms with Gasteiger partial charge in [-0.1, -0.05) is 19.1 Å². The predicted molar refractivity (Wildman–Crippen MR) is 86.9 cm³/mol. The fourth-order valence-corrected chi connectivity index (χ4v) is 1.90. The van der Waals surface area contributed by atoms with Gasteiger partial charge in [0, 0.05) is 6.54 Å². The summed E-state index contributed by atoms with van der Waals surface area (Å²) in [6.45, 7) is 4.77. The average molecular weight is 313 g/mol. The van der Waals surface area contributed by atoms with Crippen LogP contribution in [0.15, 0.2) is 24.3 Å². The molecule has 1 aromatic carbocycles. The number of hydrogen-bond acceptors (Lipinski definition) is 3. The van der Waals surface area contributed by atoms with Crippen molar-refractivity contribution in [3.8, 4) is 5.75 Å². The third kappa shape index (κ3) is 7.34. The van der Waals surface area contributed by atoms with Crippen molar-refractivity contribution < 1.29 is 9.53 Å². The van der Waals surface area contributed by atoms with Crippen molar-refractivity contribution >= 4 is 18.3 Å². The molecule has 2 N–H and O–H groups in total. The zero-order chi connectivity index (χ0) is 14.2. The molecule has 0 unspecified atom stereocenters. The minimum absolute atomic E-state index is 0. The zero-order valence-corrected chi connectivity index (χ0v) is 13.4. The Bertz CT molecular complexity index is 419. The predicted octanol–water partition coefficient (Wildman–Crippen LogP) is 2.51. The molecule has 0 radical (unpaired) electrons. The highest BCUT2D eigenvalue weighted by Crippen LogP contribution is 2.27.